The fraction of sp³-hybridized carbons (Fsp3) is 0.545. The molecule has 1 aromatic heterocycles. The first-order valence-corrected chi connectivity index (χ1v) is 5.91. The second-order valence-electron chi connectivity index (χ2n) is 4.72. The van der Waals surface area contributed by atoms with Crippen LogP contribution in [0.2, 0.25) is 0 Å². The Hall–Kier alpha value is -1.10. The van der Waals surface area contributed by atoms with E-state index in [1.54, 1.807) is 11.8 Å². The molecule has 3 N–H and O–H groups in total. The molecule has 0 aliphatic carbocycles. The van der Waals surface area contributed by atoms with Gasteiger partial charge in [0.25, 0.3) is 0 Å². The lowest BCUT2D eigenvalue weighted by atomic mass is 10.1. The molecule has 0 radical (unpaired) electrons. The lowest BCUT2D eigenvalue weighted by Crippen LogP contribution is -2.19. The molecule has 0 aromatic carbocycles. The van der Waals surface area contributed by atoms with E-state index in [0.717, 1.165) is 16.3 Å². The predicted molar refractivity (Wildman–Crippen MR) is 68.1 cm³/mol. The number of amidine groups is 1. The SMILES string of the molecule is Cc1nnc(SC(C)(C)C)c(C(=N)N)c1C. The van der Waals surface area contributed by atoms with Gasteiger partial charge in [-0.15, -0.1) is 5.10 Å². The minimum Gasteiger partial charge on any atom is -0.384 e. The Bertz CT molecular complexity index is 421. The number of rotatable bonds is 2. The first-order valence-electron chi connectivity index (χ1n) is 5.09. The minimum atomic E-state index is 0.0284. The highest BCUT2D eigenvalue weighted by atomic mass is 32.2. The molecule has 88 valence electrons. The van der Waals surface area contributed by atoms with Gasteiger partial charge in [0.1, 0.15) is 10.9 Å². The molecule has 16 heavy (non-hydrogen) atoms. The Morgan fingerprint density at radius 2 is 1.81 bits per heavy atom. The number of thioether (sulfide) groups is 1. The first-order chi connectivity index (χ1) is 7.22. The van der Waals surface area contributed by atoms with Crippen LogP contribution in [0.25, 0.3) is 0 Å². The van der Waals surface area contributed by atoms with Gasteiger partial charge >= 0.3 is 0 Å². The van der Waals surface area contributed by atoms with E-state index in [1.807, 2.05) is 13.8 Å². The maximum absolute atomic E-state index is 7.62. The number of hydrogen-bond donors (Lipinski definition) is 2. The van der Waals surface area contributed by atoms with Crippen molar-refractivity contribution in [1.82, 2.24) is 10.2 Å². The monoisotopic (exact) mass is 238 g/mol. The van der Waals surface area contributed by atoms with Gasteiger partial charge in [-0.25, -0.2) is 0 Å². The van der Waals surface area contributed by atoms with Gasteiger partial charge in [-0.05, 0) is 19.4 Å². The molecule has 5 heteroatoms. The van der Waals surface area contributed by atoms with Crippen molar-refractivity contribution in [1.29, 1.82) is 5.41 Å². The summed E-state index contributed by atoms with van der Waals surface area (Å²) in [6.45, 7) is 10.1. The van der Waals surface area contributed by atoms with Crippen LogP contribution in [0.3, 0.4) is 0 Å². The number of aryl methyl sites for hydroxylation is 1. The summed E-state index contributed by atoms with van der Waals surface area (Å²) < 4.78 is 0.0284. The molecular weight excluding hydrogens is 220 g/mol. The van der Waals surface area contributed by atoms with Gasteiger partial charge in [-0.1, -0.05) is 32.5 Å². The molecule has 0 aliphatic rings. The van der Waals surface area contributed by atoms with Crippen molar-refractivity contribution >= 4 is 17.6 Å². The van der Waals surface area contributed by atoms with Crippen LogP contribution in [-0.4, -0.2) is 20.8 Å². The Morgan fingerprint density at radius 1 is 1.25 bits per heavy atom. The van der Waals surface area contributed by atoms with E-state index in [9.17, 15) is 0 Å². The van der Waals surface area contributed by atoms with Crippen molar-refractivity contribution in [2.45, 2.75) is 44.4 Å². The van der Waals surface area contributed by atoms with Crippen molar-refractivity contribution in [2.24, 2.45) is 5.73 Å². The fourth-order valence-electron chi connectivity index (χ4n) is 1.27. The zero-order chi connectivity index (χ0) is 12.5. The summed E-state index contributed by atoms with van der Waals surface area (Å²) in [5.74, 6) is 0.0576. The minimum absolute atomic E-state index is 0.0284. The molecule has 1 rings (SSSR count). The van der Waals surface area contributed by atoms with Crippen LogP contribution < -0.4 is 5.73 Å². The van der Waals surface area contributed by atoms with Crippen molar-refractivity contribution < 1.29 is 0 Å². The molecule has 0 bridgehead atoms. The van der Waals surface area contributed by atoms with Gasteiger partial charge < -0.3 is 5.73 Å². The second-order valence-corrected chi connectivity index (χ2v) is 6.53. The molecular formula is C11H18N4S. The summed E-state index contributed by atoms with van der Waals surface area (Å²) in [5.41, 5.74) is 8.08. The number of hydrogen-bond acceptors (Lipinski definition) is 4. The highest BCUT2D eigenvalue weighted by Crippen LogP contribution is 2.33. The third kappa shape index (κ3) is 2.95. The van der Waals surface area contributed by atoms with E-state index < -0.39 is 0 Å². The zero-order valence-corrected chi connectivity index (χ0v) is 11.2. The molecule has 0 unspecified atom stereocenters. The molecule has 1 aromatic rings. The lowest BCUT2D eigenvalue weighted by molar-refractivity contribution is 0.788. The van der Waals surface area contributed by atoms with Crippen molar-refractivity contribution in [3.63, 3.8) is 0 Å². The number of nitrogens with two attached hydrogens (primary N) is 1. The summed E-state index contributed by atoms with van der Waals surface area (Å²) in [5, 5.41) is 16.6. The molecule has 0 aliphatic heterocycles. The van der Waals surface area contributed by atoms with E-state index in [4.69, 9.17) is 11.1 Å². The van der Waals surface area contributed by atoms with Gasteiger partial charge in [0.2, 0.25) is 0 Å². The van der Waals surface area contributed by atoms with Crippen molar-refractivity contribution in [2.75, 3.05) is 0 Å². The van der Waals surface area contributed by atoms with Crippen LogP contribution in [0.1, 0.15) is 37.6 Å². The van der Waals surface area contributed by atoms with E-state index in [0.29, 0.717) is 5.56 Å². The zero-order valence-electron chi connectivity index (χ0n) is 10.4. The van der Waals surface area contributed by atoms with Crippen LogP contribution in [0, 0.1) is 19.3 Å². The molecule has 0 fully saturated rings. The van der Waals surface area contributed by atoms with Crippen molar-refractivity contribution in [3.8, 4) is 0 Å². The van der Waals surface area contributed by atoms with Gasteiger partial charge in [-0.2, -0.15) is 5.10 Å². The lowest BCUT2D eigenvalue weighted by Gasteiger charge is -2.19. The normalized spacial score (nSPS) is 11.6. The van der Waals surface area contributed by atoms with Crippen LogP contribution in [0.5, 0.6) is 0 Å². The van der Waals surface area contributed by atoms with Gasteiger partial charge in [0, 0.05) is 4.75 Å². The molecule has 0 atom stereocenters. The summed E-state index contributed by atoms with van der Waals surface area (Å²) in [7, 11) is 0. The standard InChI is InChI=1S/C11H18N4S/c1-6-7(2)14-15-10(8(6)9(12)13)16-11(3,4)5/h1-5H3,(H3,12,13). The Balaban J connectivity index is 3.29. The van der Waals surface area contributed by atoms with E-state index in [1.165, 1.54) is 0 Å². The second kappa shape index (κ2) is 4.41. The summed E-state index contributed by atoms with van der Waals surface area (Å²) in [6, 6.07) is 0. The quantitative estimate of drug-likeness (QED) is 0.471. The average Bonchev–Trinajstić information content (AvgIpc) is 2.08. The summed E-state index contributed by atoms with van der Waals surface area (Å²) >= 11 is 1.58. The molecule has 0 amide bonds. The van der Waals surface area contributed by atoms with Gasteiger partial charge in [0.05, 0.1) is 11.3 Å². The fourth-order valence-corrected chi connectivity index (χ4v) is 2.29. The van der Waals surface area contributed by atoms with Crippen LogP contribution >= 0.6 is 11.8 Å². The molecule has 0 saturated heterocycles. The van der Waals surface area contributed by atoms with E-state index in [2.05, 4.69) is 31.0 Å². The molecule has 1 heterocycles. The molecule has 0 spiro atoms. The maximum atomic E-state index is 7.62. The smallest absolute Gasteiger partial charge is 0.130 e. The first kappa shape index (κ1) is 13.0. The van der Waals surface area contributed by atoms with Crippen LogP contribution in [-0.2, 0) is 0 Å². The third-order valence-corrected chi connectivity index (χ3v) is 3.19. The van der Waals surface area contributed by atoms with Crippen molar-refractivity contribution in [3.05, 3.63) is 16.8 Å². The largest absolute Gasteiger partial charge is 0.384 e. The van der Waals surface area contributed by atoms with Gasteiger partial charge in [-0.3, -0.25) is 5.41 Å². The highest BCUT2D eigenvalue weighted by molar-refractivity contribution is 8.00. The Morgan fingerprint density at radius 3 is 2.25 bits per heavy atom. The maximum Gasteiger partial charge on any atom is 0.130 e. The number of nitrogens with one attached hydrogen (secondary N) is 1. The van der Waals surface area contributed by atoms with E-state index >= 15 is 0 Å². The average molecular weight is 238 g/mol. The summed E-state index contributed by atoms with van der Waals surface area (Å²) in [6.07, 6.45) is 0. The predicted octanol–water partition coefficient (Wildman–Crippen LogP) is 2.27. The number of nitrogen functional groups attached to an aromatic ring is 1. The Labute approximate surface area is 101 Å². The topological polar surface area (TPSA) is 75.7 Å². The third-order valence-electron chi connectivity index (χ3n) is 2.09. The summed E-state index contributed by atoms with van der Waals surface area (Å²) in [4.78, 5) is 0. The Kier molecular flexibility index (Phi) is 3.57. The number of aromatic nitrogens is 2. The highest BCUT2D eigenvalue weighted by Gasteiger charge is 2.20. The molecule has 4 nitrogen and oxygen atoms in total. The van der Waals surface area contributed by atoms with E-state index in [-0.39, 0.29) is 10.6 Å². The van der Waals surface area contributed by atoms with Gasteiger partial charge in [0.15, 0.2) is 0 Å². The number of nitrogens with zero attached hydrogens (tertiary/aromatic N) is 2. The van der Waals surface area contributed by atoms with Crippen LogP contribution in [0.4, 0.5) is 0 Å². The van der Waals surface area contributed by atoms with Crippen LogP contribution in [0.15, 0.2) is 5.03 Å². The molecule has 0 saturated carbocycles.